The highest BCUT2D eigenvalue weighted by molar-refractivity contribution is 7.81. The number of hydrogen-bond acceptors (Lipinski definition) is 5. The number of carboxylic acids is 1. The molecule has 1 saturated heterocycles. The molecule has 29 heavy (non-hydrogen) atoms. The first-order valence-electron chi connectivity index (χ1n) is 9.57. The summed E-state index contributed by atoms with van der Waals surface area (Å²) in [5.74, 6) is -1.24. The monoisotopic (exact) mass is 415 g/mol. The molecular weight excluding hydrogens is 393 g/mol. The number of nitrogens with zero attached hydrogens (tertiary/aromatic N) is 3. The quantitative estimate of drug-likeness (QED) is 0.681. The van der Waals surface area contributed by atoms with Crippen molar-refractivity contribution in [1.82, 2.24) is 14.7 Å². The van der Waals surface area contributed by atoms with E-state index in [-0.39, 0.29) is 29.3 Å². The summed E-state index contributed by atoms with van der Waals surface area (Å²) in [5, 5.41) is 12.8. The molecule has 1 aliphatic heterocycles. The smallest absolute Gasteiger partial charge is 0.325 e. The Labute approximate surface area is 173 Å². The lowest BCUT2D eigenvalue weighted by atomic mass is 9.97. The number of aromatic nitrogens is 2. The molecule has 2 fully saturated rings. The van der Waals surface area contributed by atoms with Crippen molar-refractivity contribution in [3.8, 4) is 0 Å². The fourth-order valence-corrected chi connectivity index (χ4v) is 4.16. The number of hydrogen-bond donors (Lipinski definition) is 2. The second kappa shape index (κ2) is 8.12. The van der Waals surface area contributed by atoms with Crippen LogP contribution in [0.3, 0.4) is 0 Å². The molecule has 1 aliphatic carbocycles. The molecule has 0 bridgehead atoms. The van der Waals surface area contributed by atoms with Crippen molar-refractivity contribution in [1.29, 1.82) is 0 Å². The third kappa shape index (κ3) is 4.43. The van der Waals surface area contributed by atoms with Crippen LogP contribution in [-0.2, 0) is 16.1 Å². The first kappa shape index (κ1) is 19.8. The largest absolute Gasteiger partial charge is 0.480 e. The Balaban J connectivity index is 1.58. The number of carbonyl (C=O) groups is 2. The zero-order chi connectivity index (χ0) is 20.5. The fraction of sp³-hybridized carbons (Fsp3) is 0.381. The van der Waals surface area contributed by atoms with E-state index in [4.69, 9.17) is 5.11 Å². The lowest BCUT2D eigenvalue weighted by Crippen LogP contribution is -2.34. The minimum Gasteiger partial charge on any atom is -0.480 e. The average Bonchev–Trinajstić information content (AvgIpc) is 3.34. The Morgan fingerprint density at radius 2 is 2.10 bits per heavy atom. The van der Waals surface area contributed by atoms with E-state index in [0.717, 1.165) is 24.0 Å². The first-order valence-corrected chi connectivity index (χ1v) is 10.1. The maximum atomic E-state index is 14.5. The molecule has 6 nitrogen and oxygen atoms in total. The van der Waals surface area contributed by atoms with E-state index in [0.29, 0.717) is 18.7 Å². The molecule has 2 atom stereocenters. The third-order valence-corrected chi connectivity index (χ3v) is 5.83. The number of likely N-dealkylation sites (tertiary alicyclic amines) is 1. The highest BCUT2D eigenvalue weighted by Gasteiger charge is 2.42. The molecule has 152 valence electrons. The Bertz CT molecular complexity index is 970. The summed E-state index contributed by atoms with van der Waals surface area (Å²) >= 11 is 4.67. The van der Waals surface area contributed by atoms with Crippen molar-refractivity contribution >= 4 is 30.5 Å². The van der Waals surface area contributed by atoms with Gasteiger partial charge in [-0.25, -0.2) is 4.39 Å². The second-order valence-corrected chi connectivity index (χ2v) is 8.25. The molecule has 2 unspecified atom stereocenters. The van der Waals surface area contributed by atoms with Crippen molar-refractivity contribution in [2.75, 3.05) is 13.1 Å². The van der Waals surface area contributed by atoms with Gasteiger partial charge < -0.3 is 5.11 Å². The van der Waals surface area contributed by atoms with Crippen LogP contribution < -0.4 is 0 Å². The molecule has 1 aromatic heterocycles. The molecule has 0 radical (unpaired) electrons. The van der Waals surface area contributed by atoms with Crippen LogP contribution in [0.15, 0.2) is 42.2 Å². The van der Waals surface area contributed by atoms with E-state index in [1.807, 2.05) is 11.0 Å². The first-order chi connectivity index (χ1) is 13.9. The maximum Gasteiger partial charge on any atom is 0.325 e. The summed E-state index contributed by atoms with van der Waals surface area (Å²) in [6.07, 6.45) is 6.92. The summed E-state index contributed by atoms with van der Waals surface area (Å²) in [6.45, 7) is 0.830. The van der Waals surface area contributed by atoms with E-state index in [1.165, 1.54) is 10.7 Å². The van der Waals surface area contributed by atoms with E-state index in [2.05, 4.69) is 17.7 Å². The number of Topliss-reactive ketones (excluding diaryl/α,β-unsaturated/α-hetero) is 1. The summed E-state index contributed by atoms with van der Waals surface area (Å²) < 4.78 is 15.9. The summed E-state index contributed by atoms with van der Waals surface area (Å²) in [4.78, 5) is 25.8. The fourth-order valence-electron chi connectivity index (χ4n) is 3.79. The minimum absolute atomic E-state index is 0.0141. The number of benzene rings is 1. The van der Waals surface area contributed by atoms with Gasteiger partial charge in [-0.2, -0.15) is 17.7 Å². The van der Waals surface area contributed by atoms with Crippen LogP contribution in [0.1, 0.15) is 30.0 Å². The molecule has 0 spiro atoms. The van der Waals surface area contributed by atoms with Gasteiger partial charge in [-0.15, -0.1) is 0 Å². The lowest BCUT2D eigenvalue weighted by molar-refractivity contribution is -0.137. The summed E-state index contributed by atoms with van der Waals surface area (Å²) in [7, 11) is 0. The van der Waals surface area contributed by atoms with E-state index in [1.54, 1.807) is 30.6 Å². The normalized spacial score (nSPS) is 22.1. The SMILES string of the molecule is O=C(O)Cn1cc(/C=C2\CN(C(C(=O)C3CC3)c3ccccc3F)CC2S)cn1. The number of ketones is 1. The van der Waals surface area contributed by atoms with Crippen molar-refractivity contribution in [3.05, 3.63) is 59.2 Å². The topological polar surface area (TPSA) is 75.4 Å². The van der Waals surface area contributed by atoms with E-state index < -0.39 is 12.0 Å². The van der Waals surface area contributed by atoms with Crippen LogP contribution in [0, 0.1) is 11.7 Å². The number of halogens is 1. The summed E-state index contributed by atoms with van der Waals surface area (Å²) in [5.41, 5.74) is 2.19. The number of carboxylic acid groups (broad SMARTS) is 1. The van der Waals surface area contributed by atoms with Crippen LogP contribution in [0.2, 0.25) is 0 Å². The van der Waals surface area contributed by atoms with Gasteiger partial charge >= 0.3 is 5.97 Å². The number of thiol groups is 1. The average molecular weight is 415 g/mol. The minimum atomic E-state index is -0.960. The van der Waals surface area contributed by atoms with Crippen LogP contribution in [0.4, 0.5) is 4.39 Å². The van der Waals surface area contributed by atoms with Crippen molar-refractivity contribution in [2.24, 2.45) is 5.92 Å². The van der Waals surface area contributed by atoms with Gasteiger partial charge in [-0.05, 0) is 24.5 Å². The Hall–Kier alpha value is -2.45. The lowest BCUT2D eigenvalue weighted by Gasteiger charge is -2.27. The standard InChI is InChI=1S/C21H22FN3O3S/c22-17-4-2-1-3-16(17)20(21(28)14-5-6-14)24-10-15(18(29)11-24)7-13-8-23-25(9-13)12-19(26)27/h1-4,7-9,14,18,20,29H,5-6,10-12H2,(H,26,27)/b15-7+. The molecule has 2 aliphatic rings. The predicted molar refractivity (Wildman–Crippen MR) is 109 cm³/mol. The number of aliphatic carboxylic acids is 1. The second-order valence-electron chi connectivity index (χ2n) is 7.63. The molecule has 1 N–H and O–H groups in total. The van der Waals surface area contributed by atoms with Crippen molar-refractivity contribution in [2.45, 2.75) is 30.7 Å². The molecule has 8 heteroatoms. The van der Waals surface area contributed by atoms with Gasteiger partial charge in [0.25, 0.3) is 0 Å². The third-order valence-electron chi connectivity index (χ3n) is 5.34. The van der Waals surface area contributed by atoms with Gasteiger partial charge in [0.05, 0.1) is 12.2 Å². The van der Waals surface area contributed by atoms with E-state index >= 15 is 0 Å². The molecule has 2 heterocycles. The van der Waals surface area contributed by atoms with Crippen LogP contribution >= 0.6 is 12.6 Å². The van der Waals surface area contributed by atoms with Crippen molar-refractivity contribution < 1.29 is 19.1 Å². The molecule has 1 aromatic carbocycles. The molecular formula is C21H22FN3O3S. The Morgan fingerprint density at radius 1 is 1.34 bits per heavy atom. The Kier molecular flexibility index (Phi) is 5.56. The van der Waals surface area contributed by atoms with Gasteiger partial charge in [0.1, 0.15) is 12.4 Å². The molecule has 0 amide bonds. The van der Waals surface area contributed by atoms with Gasteiger partial charge in [0.15, 0.2) is 5.78 Å². The molecule has 4 rings (SSSR count). The maximum absolute atomic E-state index is 14.5. The van der Waals surface area contributed by atoms with Crippen LogP contribution in [-0.4, -0.2) is 49.9 Å². The highest BCUT2D eigenvalue weighted by Crippen LogP contribution is 2.40. The zero-order valence-electron chi connectivity index (χ0n) is 15.7. The number of carbonyl (C=O) groups excluding carboxylic acids is 1. The zero-order valence-corrected chi connectivity index (χ0v) is 16.6. The highest BCUT2D eigenvalue weighted by atomic mass is 32.1. The Morgan fingerprint density at radius 3 is 2.79 bits per heavy atom. The predicted octanol–water partition coefficient (Wildman–Crippen LogP) is 2.82. The van der Waals surface area contributed by atoms with Crippen LogP contribution in [0.5, 0.6) is 0 Å². The van der Waals surface area contributed by atoms with Crippen LogP contribution in [0.25, 0.3) is 6.08 Å². The number of rotatable bonds is 7. The van der Waals surface area contributed by atoms with Gasteiger partial charge in [0.2, 0.25) is 0 Å². The van der Waals surface area contributed by atoms with Crippen molar-refractivity contribution in [3.63, 3.8) is 0 Å². The van der Waals surface area contributed by atoms with Gasteiger partial charge in [-0.3, -0.25) is 19.2 Å². The summed E-state index contributed by atoms with van der Waals surface area (Å²) in [6, 6.07) is 5.85. The van der Waals surface area contributed by atoms with E-state index in [9.17, 15) is 14.0 Å². The molecule has 1 saturated carbocycles. The van der Waals surface area contributed by atoms with Gasteiger partial charge in [0, 0.05) is 41.6 Å². The molecule has 2 aromatic rings. The van der Waals surface area contributed by atoms with Gasteiger partial charge in [-0.1, -0.05) is 24.3 Å².